The number of carbonyl (C=O) groups is 1. The van der Waals surface area contributed by atoms with Gasteiger partial charge in [-0.3, -0.25) is 4.79 Å². The number of piperidine rings is 1. The average molecular weight is 390 g/mol. The lowest BCUT2D eigenvalue weighted by Crippen LogP contribution is -2.47. The number of nitrogens with zero attached hydrogens (tertiary/aromatic N) is 2. The highest BCUT2D eigenvalue weighted by Gasteiger charge is 2.21. The minimum atomic E-state index is 0.315. The van der Waals surface area contributed by atoms with Crippen LogP contribution in [0.15, 0.2) is 18.2 Å². The van der Waals surface area contributed by atoms with E-state index in [4.69, 9.17) is 9.47 Å². The number of benzene rings is 1. The van der Waals surface area contributed by atoms with E-state index in [1.165, 1.54) is 24.8 Å². The molecule has 2 aliphatic heterocycles. The highest BCUT2D eigenvalue weighted by molar-refractivity contribution is 5.76. The summed E-state index contributed by atoms with van der Waals surface area (Å²) in [6.45, 7) is 6.70. The van der Waals surface area contributed by atoms with Crippen molar-refractivity contribution in [1.82, 2.24) is 15.1 Å². The first-order chi connectivity index (χ1) is 13.7. The summed E-state index contributed by atoms with van der Waals surface area (Å²) >= 11 is 0. The Bertz CT molecular complexity index is 601. The number of hydrogen-bond donors (Lipinski definition) is 1. The van der Waals surface area contributed by atoms with E-state index < -0.39 is 0 Å². The molecule has 0 radical (unpaired) electrons. The summed E-state index contributed by atoms with van der Waals surface area (Å²) in [5.41, 5.74) is 1.28. The van der Waals surface area contributed by atoms with Crippen LogP contribution in [0.3, 0.4) is 0 Å². The fourth-order valence-corrected chi connectivity index (χ4v) is 4.21. The Morgan fingerprint density at radius 1 is 1.04 bits per heavy atom. The molecule has 2 heterocycles. The molecule has 0 unspecified atom stereocenters. The van der Waals surface area contributed by atoms with Gasteiger partial charge in [-0.05, 0) is 62.4 Å². The van der Waals surface area contributed by atoms with Gasteiger partial charge in [0.2, 0.25) is 5.91 Å². The normalized spacial score (nSPS) is 18.9. The van der Waals surface area contributed by atoms with E-state index in [2.05, 4.69) is 22.3 Å². The number of piperazine rings is 1. The Labute approximate surface area is 169 Å². The van der Waals surface area contributed by atoms with Gasteiger partial charge in [-0.1, -0.05) is 0 Å². The van der Waals surface area contributed by atoms with E-state index in [1.807, 2.05) is 11.0 Å². The van der Waals surface area contributed by atoms with E-state index in [-0.39, 0.29) is 0 Å². The van der Waals surface area contributed by atoms with Gasteiger partial charge in [-0.2, -0.15) is 0 Å². The highest BCUT2D eigenvalue weighted by Crippen LogP contribution is 2.27. The van der Waals surface area contributed by atoms with Gasteiger partial charge in [0.05, 0.1) is 14.2 Å². The van der Waals surface area contributed by atoms with Gasteiger partial charge in [0.15, 0.2) is 0 Å². The molecule has 1 N–H and O–H groups in total. The Balaban J connectivity index is 1.36. The van der Waals surface area contributed by atoms with E-state index in [1.54, 1.807) is 14.2 Å². The lowest BCUT2D eigenvalue weighted by Gasteiger charge is -2.33. The van der Waals surface area contributed by atoms with Crippen LogP contribution in [-0.4, -0.2) is 75.7 Å². The molecule has 0 atom stereocenters. The Morgan fingerprint density at radius 3 is 2.29 bits per heavy atom. The summed E-state index contributed by atoms with van der Waals surface area (Å²) in [6.07, 6.45) is 5.36. The molecule has 156 valence electrons. The zero-order valence-corrected chi connectivity index (χ0v) is 17.4. The first-order valence-corrected chi connectivity index (χ1v) is 10.6. The van der Waals surface area contributed by atoms with Crippen LogP contribution < -0.4 is 14.8 Å². The van der Waals surface area contributed by atoms with Crippen molar-refractivity contribution in [3.8, 4) is 11.5 Å². The number of nitrogens with one attached hydrogen (secondary N) is 1. The van der Waals surface area contributed by atoms with Crippen LogP contribution >= 0.6 is 0 Å². The van der Waals surface area contributed by atoms with Crippen molar-refractivity contribution >= 4 is 5.91 Å². The minimum absolute atomic E-state index is 0.315. The fraction of sp³-hybridized carbons (Fsp3) is 0.682. The molecular weight excluding hydrogens is 354 g/mol. The Morgan fingerprint density at radius 2 is 1.68 bits per heavy atom. The SMILES string of the molecule is COc1cc(CCC2CCN(CCC(=O)N3CCNCC3)CC2)cc(OC)c1. The third-order valence-electron chi connectivity index (χ3n) is 6.07. The highest BCUT2D eigenvalue weighted by atomic mass is 16.5. The largest absolute Gasteiger partial charge is 0.497 e. The monoisotopic (exact) mass is 389 g/mol. The predicted molar refractivity (Wildman–Crippen MR) is 111 cm³/mol. The molecule has 28 heavy (non-hydrogen) atoms. The minimum Gasteiger partial charge on any atom is -0.497 e. The molecule has 1 amide bonds. The molecule has 0 aromatic heterocycles. The van der Waals surface area contributed by atoms with Crippen molar-refractivity contribution in [3.05, 3.63) is 23.8 Å². The van der Waals surface area contributed by atoms with Gasteiger partial charge in [-0.15, -0.1) is 0 Å². The van der Waals surface area contributed by atoms with Crippen molar-refractivity contribution in [2.45, 2.75) is 32.1 Å². The first kappa shape index (κ1) is 20.9. The molecule has 3 rings (SSSR count). The molecule has 1 aromatic carbocycles. The van der Waals surface area contributed by atoms with Crippen LogP contribution in [-0.2, 0) is 11.2 Å². The number of hydrogen-bond acceptors (Lipinski definition) is 5. The third-order valence-corrected chi connectivity index (χ3v) is 6.07. The third kappa shape index (κ3) is 6.11. The molecule has 0 bridgehead atoms. The summed E-state index contributed by atoms with van der Waals surface area (Å²) < 4.78 is 10.7. The maximum atomic E-state index is 12.3. The standard InChI is InChI=1S/C22H35N3O3/c1-27-20-15-19(16-21(17-20)28-2)4-3-18-5-10-24(11-6-18)12-7-22(26)25-13-8-23-9-14-25/h15-18,23H,3-14H2,1-2H3. The average Bonchev–Trinajstić information content (AvgIpc) is 2.77. The van der Waals surface area contributed by atoms with E-state index in [0.29, 0.717) is 12.3 Å². The Kier molecular flexibility index (Phi) is 7.98. The molecule has 6 heteroatoms. The van der Waals surface area contributed by atoms with Crippen molar-refractivity contribution < 1.29 is 14.3 Å². The number of methoxy groups -OCH3 is 2. The second kappa shape index (κ2) is 10.7. The van der Waals surface area contributed by atoms with Crippen molar-refractivity contribution in [2.24, 2.45) is 5.92 Å². The molecule has 6 nitrogen and oxygen atoms in total. The lowest BCUT2D eigenvalue weighted by molar-refractivity contribution is -0.132. The summed E-state index contributed by atoms with van der Waals surface area (Å²) in [5.74, 6) is 2.80. The van der Waals surface area contributed by atoms with Gasteiger partial charge in [0.1, 0.15) is 11.5 Å². The molecular formula is C22H35N3O3. The van der Waals surface area contributed by atoms with Crippen molar-refractivity contribution in [3.63, 3.8) is 0 Å². The second-order valence-corrected chi connectivity index (χ2v) is 7.93. The topological polar surface area (TPSA) is 54.0 Å². The number of amides is 1. The summed E-state index contributed by atoms with van der Waals surface area (Å²) in [4.78, 5) is 16.8. The number of ether oxygens (including phenoxy) is 2. The fourth-order valence-electron chi connectivity index (χ4n) is 4.21. The zero-order chi connectivity index (χ0) is 19.8. The lowest BCUT2D eigenvalue weighted by atomic mass is 9.90. The van der Waals surface area contributed by atoms with E-state index >= 15 is 0 Å². The van der Waals surface area contributed by atoms with E-state index in [0.717, 1.165) is 69.7 Å². The predicted octanol–water partition coefficient (Wildman–Crippen LogP) is 2.17. The van der Waals surface area contributed by atoms with Gasteiger partial charge >= 0.3 is 0 Å². The summed E-state index contributed by atoms with van der Waals surface area (Å²) in [5, 5.41) is 3.30. The molecule has 0 aliphatic carbocycles. The number of carbonyl (C=O) groups excluding carboxylic acids is 1. The summed E-state index contributed by atoms with van der Waals surface area (Å²) in [6, 6.07) is 6.14. The molecule has 0 saturated carbocycles. The van der Waals surface area contributed by atoms with Gasteiger partial charge in [0, 0.05) is 45.2 Å². The van der Waals surface area contributed by atoms with Crippen LogP contribution in [0, 0.1) is 5.92 Å². The number of likely N-dealkylation sites (tertiary alicyclic amines) is 1. The van der Waals surface area contributed by atoms with Gasteiger partial charge in [-0.25, -0.2) is 0 Å². The molecule has 1 aromatic rings. The molecule has 0 spiro atoms. The molecule has 2 saturated heterocycles. The number of aryl methyl sites for hydroxylation is 1. The summed E-state index contributed by atoms with van der Waals surface area (Å²) in [7, 11) is 3.39. The first-order valence-electron chi connectivity index (χ1n) is 10.6. The van der Waals surface area contributed by atoms with Gasteiger partial charge in [0.25, 0.3) is 0 Å². The van der Waals surface area contributed by atoms with Crippen LogP contribution in [0.5, 0.6) is 11.5 Å². The Hall–Kier alpha value is -1.79. The molecule has 2 fully saturated rings. The van der Waals surface area contributed by atoms with Crippen LogP contribution in [0.1, 0.15) is 31.2 Å². The van der Waals surface area contributed by atoms with Crippen LogP contribution in [0.4, 0.5) is 0 Å². The maximum Gasteiger partial charge on any atom is 0.223 e. The van der Waals surface area contributed by atoms with Crippen molar-refractivity contribution in [1.29, 1.82) is 0 Å². The van der Waals surface area contributed by atoms with E-state index in [9.17, 15) is 4.79 Å². The maximum absolute atomic E-state index is 12.3. The zero-order valence-electron chi connectivity index (χ0n) is 17.4. The second-order valence-electron chi connectivity index (χ2n) is 7.93. The van der Waals surface area contributed by atoms with Gasteiger partial charge < -0.3 is 24.6 Å². The van der Waals surface area contributed by atoms with Crippen LogP contribution in [0.25, 0.3) is 0 Å². The smallest absolute Gasteiger partial charge is 0.223 e. The van der Waals surface area contributed by atoms with Crippen LogP contribution in [0.2, 0.25) is 0 Å². The van der Waals surface area contributed by atoms with Crippen molar-refractivity contribution in [2.75, 3.05) is 60.0 Å². The molecule has 2 aliphatic rings. The number of rotatable bonds is 8. The quantitative estimate of drug-likeness (QED) is 0.739.